The van der Waals surface area contributed by atoms with Crippen molar-refractivity contribution < 1.29 is 9.32 Å². The molecule has 1 heterocycles. The lowest BCUT2D eigenvalue weighted by molar-refractivity contribution is 0.102. The zero-order valence-electron chi connectivity index (χ0n) is 9.51. The molecule has 5 heteroatoms. The van der Waals surface area contributed by atoms with Gasteiger partial charge in [-0.05, 0) is 12.1 Å². The van der Waals surface area contributed by atoms with E-state index >= 15 is 0 Å². The predicted molar refractivity (Wildman–Crippen MR) is 66.8 cm³/mol. The highest BCUT2D eigenvalue weighted by Crippen LogP contribution is 2.10. The quantitative estimate of drug-likeness (QED) is 0.775. The molecule has 0 saturated heterocycles. The number of benzene rings is 1. The van der Waals surface area contributed by atoms with E-state index in [4.69, 9.17) is 5.73 Å². The van der Waals surface area contributed by atoms with E-state index in [0.29, 0.717) is 16.9 Å². The van der Waals surface area contributed by atoms with Gasteiger partial charge >= 0.3 is 0 Å². The fourth-order valence-electron chi connectivity index (χ4n) is 1.40. The fraction of sp³-hybridized carbons (Fsp3) is 0.0769. The Morgan fingerprint density at radius 2 is 2.22 bits per heavy atom. The first-order valence-corrected chi connectivity index (χ1v) is 5.31. The molecule has 0 saturated carbocycles. The molecular formula is C13H11N3O2. The van der Waals surface area contributed by atoms with Crippen molar-refractivity contribution in [3.63, 3.8) is 0 Å². The van der Waals surface area contributed by atoms with Crippen LogP contribution >= 0.6 is 0 Å². The molecule has 18 heavy (non-hydrogen) atoms. The van der Waals surface area contributed by atoms with Gasteiger partial charge in [-0.3, -0.25) is 4.79 Å². The Balaban J connectivity index is 2.24. The van der Waals surface area contributed by atoms with E-state index in [1.54, 1.807) is 24.3 Å². The van der Waals surface area contributed by atoms with Crippen LogP contribution in [0, 0.1) is 11.8 Å². The van der Waals surface area contributed by atoms with Gasteiger partial charge in [0, 0.05) is 11.6 Å². The Labute approximate surface area is 104 Å². The summed E-state index contributed by atoms with van der Waals surface area (Å²) in [6.07, 6.45) is 1.38. The van der Waals surface area contributed by atoms with Crippen molar-refractivity contribution in [2.24, 2.45) is 5.73 Å². The van der Waals surface area contributed by atoms with E-state index in [-0.39, 0.29) is 12.5 Å². The summed E-state index contributed by atoms with van der Waals surface area (Å²) in [4.78, 5) is 12.0. The minimum absolute atomic E-state index is 0.249. The minimum Gasteiger partial charge on any atom is -0.363 e. The van der Waals surface area contributed by atoms with E-state index in [1.807, 2.05) is 6.07 Å². The first-order chi connectivity index (χ1) is 8.81. The highest BCUT2D eigenvalue weighted by atomic mass is 16.5. The molecule has 0 aliphatic carbocycles. The molecule has 2 rings (SSSR count). The van der Waals surface area contributed by atoms with Crippen molar-refractivity contribution in [3.8, 4) is 11.8 Å². The lowest BCUT2D eigenvalue weighted by atomic mass is 10.1. The molecule has 3 N–H and O–H groups in total. The van der Waals surface area contributed by atoms with Crippen molar-refractivity contribution in [2.75, 3.05) is 11.9 Å². The number of aromatic nitrogens is 1. The molecular weight excluding hydrogens is 230 g/mol. The molecule has 0 unspecified atom stereocenters. The molecule has 1 aromatic heterocycles. The van der Waals surface area contributed by atoms with Gasteiger partial charge in [0.25, 0.3) is 5.91 Å². The lowest BCUT2D eigenvalue weighted by Crippen LogP contribution is -2.13. The van der Waals surface area contributed by atoms with E-state index < -0.39 is 0 Å². The maximum Gasteiger partial charge on any atom is 0.258 e. The molecule has 0 aliphatic rings. The van der Waals surface area contributed by atoms with Gasteiger partial charge < -0.3 is 15.6 Å². The molecule has 1 amide bonds. The van der Waals surface area contributed by atoms with Crippen molar-refractivity contribution in [3.05, 3.63) is 47.7 Å². The number of nitrogens with two attached hydrogens (primary N) is 1. The van der Waals surface area contributed by atoms with Crippen LogP contribution in [-0.2, 0) is 0 Å². The second-order valence-electron chi connectivity index (χ2n) is 3.39. The number of anilines is 1. The monoisotopic (exact) mass is 241 g/mol. The van der Waals surface area contributed by atoms with E-state index in [2.05, 4.69) is 26.8 Å². The van der Waals surface area contributed by atoms with Gasteiger partial charge in [0.1, 0.15) is 6.26 Å². The third kappa shape index (κ3) is 2.75. The largest absolute Gasteiger partial charge is 0.363 e. The van der Waals surface area contributed by atoms with Gasteiger partial charge in [-0.2, -0.15) is 0 Å². The molecule has 1 aromatic carbocycles. The molecule has 0 aliphatic heterocycles. The first-order valence-electron chi connectivity index (χ1n) is 5.31. The number of carbonyl (C=O) groups is 1. The molecule has 90 valence electrons. The number of hydrogen-bond acceptors (Lipinski definition) is 4. The molecule has 0 fully saturated rings. The Morgan fingerprint density at radius 3 is 2.94 bits per heavy atom. The number of carbonyl (C=O) groups excluding carboxylic acids is 1. The van der Waals surface area contributed by atoms with Crippen LogP contribution < -0.4 is 11.1 Å². The van der Waals surface area contributed by atoms with Crippen molar-refractivity contribution in [2.45, 2.75) is 0 Å². The predicted octanol–water partition coefficient (Wildman–Crippen LogP) is 1.24. The Bertz CT molecular complexity index is 594. The maximum absolute atomic E-state index is 12.0. The summed E-state index contributed by atoms with van der Waals surface area (Å²) in [6.45, 7) is 0.249. The fourth-order valence-corrected chi connectivity index (χ4v) is 1.40. The Hall–Kier alpha value is -2.58. The molecule has 5 nitrogen and oxygen atoms in total. The number of nitrogens with one attached hydrogen (secondary N) is 1. The second kappa shape index (κ2) is 5.66. The number of hydrogen-bond donors (Lipinski definition) is 2. The zero-order chi connectivity index (χ0) is 12.8. The number of amides is 1. The number of rotatable bonds is 2. The Kier molecular flexibility index (Phi) is 3.74. The summed E-state index contributed by atoms with van der Waals surface area (Å²) in [7, 11) is 0. The molecule has 2 aromatic rings. The summed E-state index contributed by atoms with van der Waals surface area (Å²) in [5, 5.41) is 6.22. The van der Waals surface area contributed by atoms with Gasteiger partial charge in [-0.15, -0.1) is 0 Å². The highest BCUT2D eigenvalue weighted by Gasteiger charge is 2.10. The van der Waals surface area contributed by atoms with E-state index in [1.165, 1.54) is 6.26 Å². The van der Waals surface area contributed by atoms with Crippen LogP contribution in [0.1, 0.15) is 15.9 Å². The zero-order valence-corrected chi connectivity index (χ0v) is 9.51. The molecule has 0 radical (unpaired) electrons. The molecule has 0 spiro atoms. The highest BCUT2D eigenvalue weighted by molar-refractivity contribution is 6.05. The van der Waals surface area contributed by atoms with E-state index in [0.717, 1.165) is 0 Å². The summed E-state index contributed by atoms with van der Waals surface area (Å²) in [6, 6.07) is 8.60. The van der Waals surface area contributed by atoms with Gasteiger partial charge in [-0.25, -0.2) is 0 Å². The average molecular weight is 241 g/mol. The SMILES string of the molecule is NCC#Cc1ccccc1C(=O)Nc1ccon1. The third-order valence-electron chi connectivity index (χ3n) is 2.18. The molecule has 0 atom stereocenters. The average Bonchev–Trinajstić information content (AvgIpc) is 2.89. The summed E-state index contributed by atoms with van der Waals surface area (Å²) >= 11 is 0. The minimum atomic E-state index is -0.286. The smallest absolute Gasteiger partial charge is 0.258 e. The van der Waals surface area contributed by atoms with Gasteiger partial charge in [0.2, 0.25) is 0 Å². The van der Waals surface area contributed by atoms with Gasteiger partial charge in [-0.1, -0.05) is 29.1 Å². The van der Waals surface area contributed by atoms with Crippen LogP contribution in [0.25, 0.3) is 0 Å². The van der Waals surface area contributed by atoms with Crippen LogP contribution in [0.15, 0.2) is 41.1 Å². The maximum atomic E-state index is 12.0. The summed E-state index contributed by atoms with van der Waals surface area (Å²) in [5.41, 5.74) is 6.42. The van der Waals surface area contributed by atoms with Gasteiger partial charge in [0.15, 0.2) is 5.82 Å². The van der Waals surface area contributed by atoms with Crippen molar-refractivity contribution >= 4 is 11.7 Å². The van der Waals surface area contributed by atoms with Crippen molar-refractivity contribution in [1.82, 2.24) is 5.16 Å². The summed E-state index contributed by atoms with van der Waals surface area (Å²) < 4.78 is 4.64. The standard InChI is InChI=1S/C13H11N3O2/c14-8-3-5-10-4-1-2-6-11(10)13(17)15-12-7-9-18-16-12/h1-2,4,6-7,9H,8,14H2,(H,15,16,17). The lowest BCUT2D eigenvalue weighted by Gasteiger charge is -2.03. The summed E-state index contributed by atoms with van der Waals surface area (Å²) in [5.74, 6) is 5.65. The normalized spacial score (nSPS) is 9.39. The van der Waals surface area contributed by atoms with Crippen molar-refractivity contribution in [1.29, 1.82) is 0 Å². The van der Waals surface area contributed by atoms with Crippen LogP contribution in [-0.4, -0.2) is 17.6 Å². The topological polar surface area (TPSA) is 81.2 Å². The van der Waals surface area contributed by atoms with Crippen LogP contribution in [0.5, 0.6) is 0 Å². The Morgan fingerprint density at radius 1 is 1.39 bits per heavy atom. The molecule has 0 bridgehead atoms. The third-order valence-corrected chi connectivity index (χ3v) is 2.18. The first kappa shape index (κ1) is 11.9. The van der Waals surface area contributed by atoms with Crippen LogP contribution in [0.3, 0.4) is 0 Å². The van der Waals surface area contributed by atoms with Crippen LogP contribution in [0.2, 0.25) is 0 Å². The van der Waals surface area contributed by atoms with Crippen LogP contribution in [0.4, 0.5) is 5.82 Å². The van der Waals surface area contributed by atoms with E-state index in [9.17, 15) is 4.79 Å². The second-order valence-corrected chi connectivity index (χ2v) is 3.39. The van der Waals surface area contributed by atoms with Gasteiger partial charge in [0.05, 0.1) is 12.1 Å². The number of nitrogens with zero attached hydrogens (tertiary/aromatic N) is 1.